The highest BCUT2D eigenvalue weighted by atomic mass is 35.5. The van der Waals surface area contributed by atoms with Gasteiger partial charge in [0.25, 0.3) is 0 Å². The first-order chi connectivity index (χ1) is 15.3. The second kappa shape index (κ2) is 12.3. The molecule has 0 radical (unpaired) electrons. The van der Waals surface area contributed by atoms with Gasteiger partial charge in [0.15, 0.2) is 11.5 Å². The number of methoxy groups -OCH3 is 2. The van der Waals surface area contributed by atoms with Gasteiger partial charge in [0, 0.05) is 24.0 Å². The van der Waals surface area contributed by atoms with Gasteiger partial charge < -0.3 is 19.7 Å². The standard InChI is InChI=1S/C25H33ClN2O4/c1-6-21(25(30)27-17(2)3)28(16-19-7-11-20(26)12-8-19)24(29)14-10-18-9-13-22(31-4)23(15-18)32-5/h7-9,11-13,15,17,21H,6,10,14,16H2,1-5H3,(H,27,30)/t21-/m0/s1. The van der Waals surface area contributed by atoms with E-state index >= 15 is 0 Å². The summed E-state index contributed by atoms with van der Waals surface area (Å²) in [6.45, 7) is 6.08. The summed E-state index contributed by atoms with van der Waals surface area (Å²) >= 11 is 6.01. The maximum atomic E-state index is 13.3. The molecule has 6 nitrogen and oxygen atoms in total. The van der Waals surface area contributed by atoms with Crippen LogP contribution in [0.4, 0.5) is 0 Å². The summed E-state index contributed by atoms with van der Waals surface area (Å²) in [4.78, 5) is 27.8. The van der Waals surface area contributed by atoms with Crippen molar-refractivity contribution in [1.82, 2.24) is 10.2 Å². The second-order valence-electron chi connectivity index (χ2n) is 7.92. The van der Waals surface area contributed by atoms with E-state index < -0.39 is 6.04 Å². The van der Waals surface area contributed by atoms with Crippen molar-refractivity contribution in [3.8, 4) is 11.5 Å². The number of carbonyl (C=O) groups is 2. The summed E-state index contributed by atoms with van der Waals surface area (Å²) in [7, 11) is 3.17. The molecule has 2 rings (SSSR count). The summed E-state index contributed by atoms with van der Waals surface area (Å²) < 4.78 is 10.6. The zero-order valence-corrected chi connectivity index (χ0v) is 20.2. The van der Waals surface area contributed by atoms with Crippen LogP contribution < -0.4 is 14.8 Å². The van der Waals surface area contributed by atoms with Crippen LogP contribution in [-0.4, -0.2) is 43.0 Å². The lowest BCUT2D eigenvalue weighted by Crippen LogP contribution is -2.50. The van der Waals surface area contributed by atoms with Crippen LogP contribution in [0, 0.1) is 0 Å². The fraction of sp³-hybridized carbons (Fsp3) is 0.440. The van der Waals surface area contributed by atoms with Gasteiger partial charge in [0.05, 0.1) is 14.2 Å². The SMILES string of the molecule is CC[C@@H](C(=O)NC(C)C)N(Cc1ccc(Cl)cc1)C(=O)CCc1ccc(OC)c(OC)c1. The second-order valence-corrected chi connectivity index (χ2v) is 8.36. The Kier molecular flexibility index (Phi) is 9.85. The molecule has 0 unspecified atom stereocenters. The third-order valence-electron chi connectivity index (χ3n) is 5.16. The van der Waals surface area contributed by atoms with E-state index in [4.69, 9.17) is 21.1 Å². The lowest BCUT2D eigenvalue weighted by Gasteiger charge is -2.31. The van der Waals surface area contributed by atoms with E-state index in [1.54, 1.807) is 31.3 Å². The number of aryl methyl sites for hydroxylation is 1. The number of halogens is 1. The van der Waals surface area contributed by atoms with Crippen LogP contribution >= 0.6 is 11.6 Å². The number of amides is 2. The van der Waals surface area contributed by atoms with Gasteiger partial charge in [-0.15, -0.1) is 0 Å². The van der Waals surface area contributed by atoms with Gasteiger partial charge in [-0.25, -0.2) is 0 Å². The monoisotopic (exact) mass is 460 g/mol. The Morgan fingerprint density at radius 1 is 1.00 bits per heavy atom. The number of nitrogens with zero attached hydrogens (tertiary/aromatic N) is 1. The third kappa shape index (κ3) is 7.16. The number of carbonyl (C=O) groups excluding carboxylic acids is 2. The molecular formula is C25H33ClN2O4. The molecule has 0 saturated heterocycles. The molecular weight excluding hydrogens is 428 g/mol. The molecule has 2 aromatic carbocycles. The number of benzene rings is 2. The molecule has 0 aliphatic heterocycles. The van der Waals surface area contributed by atoms with E-state index in [-0.39, 0.29) is 24.3 Å². The van der Waals surface area contributed by atoms with Gasteiger partial charge in [-0.2, -0.15) is 0 Å². The molecule has 0 heterocycles. The van der Waals surface area contributed by atoms with Crippen molar-refractivity contribution < 1.29 is 19.1 Å². The molecule has 0 aliphatic rings. The van der Waals surface area contributed by atoms with Crippen LogP contribution in [0.5, 0.6) is 11.5 Å². The molecule has 32 heavy (non-hydrogen) atoms. The number of hydrogen-bond acceptors (Lipinski definition) is 4. The first-order valence-corrected chi connectivity index (χ1v) is 11.2. The summed E-state index contributed by atoms with van der Waals surface area (Å²) in [6, 6.07) is 12.4. The largest absolute Gasteiger partial charge is 0.493 e. The van der Waals surface area contributed by atoms with Gasteiger partial charge in [-0.05, 0) is 62.1 Å². The normalized spacial score (nSPS) is 11.7. The fourth-order valence-corrected chi connectivity index (χ4v) is 3.64. The van der Waals surface area contributed by atoms with E-state index in [1.165, 1.54) is 0 Å². The van der Waals surface area contributed by atoms with E-state index in [2.05, 4.69) is 5.32 Å². The Balaban J connectivity index is 2.22. The third-order valence-corrected chi connectivity index (χ3v) is 5.41. The van der Waals surface area contributed by atoms with Crippen molar-refractivity contribution in [3.05, 3.63) is 58.6 Å². The summed E-state index contributed by atoms with van der Waals surface area (Å²) in [5.74, 6) is 1.04. The average molecular weight is 461 g/mol. The van der Waals surface area contributed by atoms with Crippen molar-refractivity contribution in [2.45, 2.75) is 58.7 Å². The van der Waals surface area contributed by atoms with E-state index in [0.717, 1.165) is 11.1 Å². The van der Waals surface area contributed by atoms with Crippen molar-refractivity contribution in [2.24, 2.45) is 0 Å². The average Bonchev–Trinajstić information content (AvgIpc) is 2.77. The Labute approximate surface area is 195 Å². The van der Waals surface area contributed by atoms with Crippen LogP contribution in [0.2, 0.25) is 5.02 Å². The maximum Gasteiger partial charge on any atom is 0.243 e. The van der Waals surface area contributed by atoms with E-state index in [9.17, 15) is 9.59 Å². The molecule has 2 aromatic rings. The number of rotatable bonds is 11. The van der Waals surface area contributed by atoms with Gasteiger partial charge in [0.1, 0.15) is 6.04 Å². The molecule has 0 fully saturated rings. The first kappa shape index (κ1) is 25.5. The zero-order valence-electron chi connectivity index (χ0n) is 19.5. The van der Waals surface area contributed by atoms with Gasteiger partial charge in [0.2, 0.25) is 11.8 Å². The summed E-state index contributed by atoms with van der Waals surface area (Å²) in [5.41, 5.74) is 1.88. The Morgan fingerprint density at radius 3 is 2.19 bits per heavy atom. The molecule has 0 aromatic heterocycles. The molecule has 0 saturated carbocycles. The zero-order chi connectivity index (χ0) is 23.7. The highest BCUT2D eigenvalue weighted by Crippen LogP contribution is 2.28. The smallest absolute Gasteiger partial charge is 0.243 e. The molecule has 0 spiro atoms. The van der Waals surface area contributed by atoms with Crippen molar-refractivity contribution >= 4 is 23.4 Å². The maximum absolute atomic E-state index is 13.3. The Hall–Kier alpha value is -2.73. The predicted octanol–water partition coefficient (Wildman–Crippen LogP) is 4.62. The molecule has 1 atom stereocenters. The minimum atomic E-state index is -0.550. The lowest BCUT2D eigenvalue weighted by atomic mass is 10.1. The molecule has 0 aliphatic carbocycles. The highest BCUT2D eigenvalue weighted by molar-refractivity contribution is 6.30. The minimum Gasteiger partial charge on any atom is -0.493 e. The topological polar surface area (TPSA) is 67.9 Å². The van der Waals surface area contributed by atoms with Crippen LogP contribution in [0.1, 0.15) is 44.7 Å². The van der Waals surface area contributed by atoms with E-state index in [1.807, 2.05) is 51.1 Å². The van der Waals surface area contributed by atoms with Gasteiger partial charge >= 0.3 is 0 Å². The van der Waals surface area contributed by atoms with Crippen LogP contribution in [0.15, 0.2) is 42.5 Å². The Morgan fingerprint density at radius 2 is 1.62 bits per heavy atom. The molecule has 0 bridgehead atoms. The molecule has 7 heteroatoms. The van der Waals surface area contributed by atoms with Gasteiger partial charge in [-0.3, -0.25) is 9.59 Å². The van der Waals surface area contributed by atoms with Crippen molar-refractivity contribution in [1.29, 1.82) is 0 Å². The number of hydrogen-bond donors (Lipinski definition) is 1. The lowest BCUT2D eigenvalue weighted by molar-refractivity contribution is -0.141. The van der Waals surface area contributed by atoms with Crippen LogP contribution in [-0.2, 0) is 22.6 Å². The summed E-state index contributed by atoms with van der Waals surface area (Å²) in [6.07, 6.45) is 1.32. The minimum absolute atomic E-state index is 0.00389. The highest BCUT2D eigenvalue weighted by Gasteiger charge is 2.28. The quantitative estimate of drug-likeness (QED) is 0.531. The molecule has 1 N–H and O–H groups in total. The number of ether oxygens (including phenoxy) is 2. The predicted molar refractivity (Wildman–Crippen MR) is 127 cm³/mol. The van der Waals surface area contributed by atoms with E-state index in [0.29, 0.717) is 35.9 Å². The number of nitrogens with one attached hydrogen (secondary N) is 1. The van der Waals surface area contributed by atoms with Crippen LogP contribution in [0.3, 0.4) is 0 Å². The Bertz CT molecular complexity index is 899. The van der Waals surface area contributed by atoms with Crippen molar-refractivity contribution in [2.75, 3.05) is 14.2 Å². The van der Waals surface area contributed by atoms with Crippen LogP contribution in [0.25, 0.3) is 0 Å². The fourth-order valence-electron chi connectivity index (χ4n) is 3.52. The molecule has 2 amide bonds. The van der Waals surface area contributed by atoms with Crippen molar-refractivity contribution in [3.63, 3.8) is 0 Å². The van der Waals surface area contributed by atoms with Gasteiger partial charge in [-0.1, -0.05) is 36.7 Å². The molecule has 174 valence electrons. The summed E-state index contributed by atoms with van der Waals surface area (Å²) in [5, 5.41) is 3.57. The first-order valence-electron chi connectivity index (χ1n) is 10.8.